The molecule has 0 saturated heterocycles. The van der Waals surface area contributed by atoms with Crippen LogP contribution in [0.3, 0.4) is 0 Å². The molecule has 6 heteroatoms. The molecule has 3 rings (SSSR count). The van der Waals surface area contributed by atoms with Crippen molar-refractivity contribution in [2.45, 2.75) is 25.3 Å². The van der Waals surface area contributed by atoms with Crippen molar-refractivity contribution in [2.24, 2.45) is 0 Å². The molecule has 27 heavy (non-hydrogen) atoms. The number of para-hydroxylation sites is 1. The van der Waals surface area contributed by atoms with Crippen LogP contribution < -0.4 is 5.32 Å². The minimum Gasteiger partial charge on any atom is -0.361 e. The standard InChI is InChI=1S/C21H24N2O3S/c1-27(25,26)15-20(16-8-3-2-4-9-16)23-21(24)13-7-10-17-14-22-19-12-6-5-11-18(17)19/h2-6,8-9,11-12,14,20,22H,7,10,13,15H2,1H3,(H,23,24)/t20-/m1/s1. The zero-order chi connectivity index (χ0) is 19.3. The van der Waals surface area contributed by atoms with E-state index in [1.165, 1.54) is 17.2 Å². The maximum atomic E-state index is 12.4. The summed E-state index contributed by atoms with van der Waals surface area (Å²) in [5, 5.41) is 4.06. The van der Waals surface area contributed by atoms with Gasteiger partial charge in [-0.2, -0.15) is 0 Å². The smallest absolute Gasteiger partial charge is 0.220 e. The van der Waals surface area contributed by atoms with Gasteiger partial charge in [0, 0.05) is 29.8 Å². The Balaban J connectivity index is 1.59. The molecule has 1 heterocycles. The number of H-pyrrole nitrogens is 1. The molecule has 0 spiro atoms. The van der Waals surface area contributed by atoms with Gasteiger partial charge in [0.1, 0.15) is 9.84 Å². The Morgan fingerprint density at radius 3 is 2.52 bits per heavy atom. The lowest BCUT2D eigenvalue weighted by Crippen LogP contribution is -2.32. The maximum Gasteiger partial charge on any atom is 0.220 e. The van der Waals surface area contributed by atoms with Crippen molar-refractivity contribution in [1.82, 2.24) is 10.3 Å². The third-order valence-electron chi connectivity index (χ3n) is 4.53. The lowest BCUT2D eigenvalue weighted by atomic mass is 10.1. The summed E-state index contributed by atoms with van der Waals surface area (Å²) in [7, 11) is -3.22. The Bertz CT molecular complexity index is 1010. The van der Waals surface area contributed by atoms with Gasteiger partial charge >= 0.3 is 0 Å². The highest BCUT2D eigenvalue weighted by atomic mass is 32.2. The highest BCUT2D eigenvalue weighted by Crippen LogP contribution is 2.20. The summed E-state index contributed by atoms with van der Waals surface area (Å²) in [6, 6.07) is 16.8. The molecule has 142 valence electrons. The first-order chi connectivity index (χ1) is 12.9. The molecule has 1 aromatic heterocycles. The van der Waals surface area contributed by atoms with Crippen LogP contribution in [0, 0.1) is 0 Å². The summed E-state index contributed by atoms with van der Waals surface area (Å²) in [6.07, 6.45) is 5.02. The van der Waals surface area contributed by atoms with E-state index in [-0.39, 0.29) is 11.7 Å². The van der Waals surface area contributed by atoms with Gasteiger partial charge in [-0.3, -0.25) is 4.79 Å². The van der Waals surface area contributed by atoms with E-state index < -0.39 is 15.9 Å². The van der Waals surface area contributed by atoms with E-state index in [1.54, 1.807) is 0 Å². The minimum atomic E-state index is -3.22. The summed E-state index contributed by atoms with van der Waals surface area (Å²) >= 11 is 0. The van der Waals surface area contributed by atoms with Crippen LogP contribution in [0.4, 0.5) is 0 Å². The van der Waals surface area contributed by atoms with Crippen LogP contribution in [0.15, 0.2) is 60.8 Å². The van der Waals surface area contributed by atoms with E-state index in [9.17, 15) is 13.2 Å². The number of benzene rings is 2. The van der Waals surface area contributed by atoms with Gasteiger partial charge in [-0.15, -0.1) is 0 Å². The molecule has 3 aromatic rings. The summed E-state index contributed by atoms with van der Waals surface area (Å²) < 4.78 is 23.5. The van der Waals surface area contributed by atoms with Crippen LogP contribution >= 0.6 is 0 Å². The predicted octanol–water partition coefficient (Wildman–Crippen LogP) is 3.39. The number of hydrogen-bond donors (Lipinski definition) is 2. The second-order valence-corrected chi connectivity index (χ2v) is 9.02. The number of rotatable bonds is 8. The third kappa shape index (κ3) is 5.44. The van der Waals surface area contributed by atoms with Crippen LogP contribution in [0.2, 0.25) is 0 Å². The molecule has 0 unspecified atom stereocenters. The van der Waals surface area contributed by atoms with Crippen LogP contribution in [-0.4, -0.2) is 31.3 Å². The fraction of sp³-hybridized carbons (Fsp3) is 0.286. The van der Waals surface area contributed by atoms with E-state index in [0.29, 0.717) is 12.8 Å². The van der Waals surface area contributed by atoms with Gasteiger partial charge in [0.2, 0.25) is 5.91 Å². The molecule has 2 N–H and O–H groups in total. The number of aromatic nitrogens is 1. The second-order valence-electron chi connectivity index (χ2n) is 6.84. The Morgan fingerprint density at radius 1 is 1.07 bits per heavy atom. The lowest BCUT2D eigenvalue weighted by molar-refractivity contribution is -0.121. The number of aryl methyl sites for hydroxylation is 1. The van der Waals surface area contributed by atoms with E-state index >= 15 is 0 Å². The predicted molar refractivity (Wildman–Crippen MR) is 108 cm³/mol. The molecular formula is C21H24N2O3S. The number of aromatic amines is 1. The largest absolute Gasteiger partial charge is 0.361 e. The van der Waals surface area contributed by atoms with Gasteiger partial charge in [0.15, 0.2) is 0 Å². The second kappa shape index (κ2) is 8.39. The monoisotopic (exact) mass is 384 g/mol. The molecule has 0 radical (unpaired) electrons. The molecular weight excluding hydrogens is 360 g/mol. The SMILES string of the molecule is CS(=O)(=O)C[C@@H](NC(=O)CCCc1c[nH]c2ccccc12)c1ccccc1. The summed E-state index contributed by atoms with van der Waals surface area (Å²) in [4.78, 5) is 15.6. The fourth-order valence-electron chi connectivity index (χ4n) is 3.25. The number of carbonyl (C=O) groups excluding carboxylic acids is 1. The summed E-state index contributed by atoms with van der Waals surface area (Å²) in [5.74, 6) is -0.238. The number of nitrogens with one attached hydrogen (secondary N) is 2. The van der Waals surface area contributed by atoms with E-state index in [2.05, 4.69) is 16.4 Å². The van der Waals surface area contributed by atoms with Gasteiger partial charge in [-0.05, 0) is 30.0 Å². The molecule has 5 nitrogen and oxygen atoms in total. The van der Waals surface area contributed by atoms with Crippen molar-refractivity contribution in [3.63, 3.8) is 0 Å². The van der Waals surface area contributed by atoms with Crippen LogP contribution in [-0.2, 0) is 21.1 Å². The number of fused-ring (bicyclic) bond motifs is 1. The topological polar surface area (TPSA) is 79.0 Å². The number of carbonyl (C=O) groups is 1. The van der Waals surface area contributed by atoms with E-state index in [1.807, 2.05) is 54.7 Å². The minimum absolute atomic E-state index is 0.106. The first-order valence-corrected chi connectivity index (χ1v) is 11.1. The zero-order valence-corrected chi connectivity index (χ0v) is 16.1. The van der Waals surface area contributed by atoms with Gasteiger partial charge in [0.05, 0.1) is 11.8 Å². The molecule has 0 aliphatic carbocycles. The molecule has 0 fully saturated rings. The van der Waals surface area contributed by atoms with Crippen LogP contribution in [0.5, 0.6) is 0 Å². The van der Waals surface area contributed by atoms with Gasteiger partial charge < -0.3 is 10.3 Å². The Morgan fingerprint density at radius 2 is 1.78 bits per heavy atom. The number of sulfone groups is 1. The van der Waals surface area contributed by atoms with Crippen molar-refractivity contribution < 1.29 is 13.2 Å². The average Bonchev–Trinajstić information content (AvgIpc) is 3.04. The number of hydrogen-bond acceptors (Lipinski definition) is 3. The summed E-state index contributed by atoms with van der Waals surface area (Å²) in [6.45, 7) is 0. The molecule has 0 aliphatic rings. The van der Waals surface area contributed by atoms with E-state index in [0.717, 1.165) is 17.5 Å². The molecule has 1 amide bonds. The van der Waals surface area contributed by atoms with Crippen LogP contribution in [0.1, 0.15) is 30.0 Å². The van der Waals surface area contributed by atoms with Crippen molar-refractivity contribution in [1.29, 1.82) is 0 Å². The molecule has 0 bridgehead atoms. The molecule has 0 saturated carbocycles. The highest BCUT2D eigenvalue weighted by Gasteiger charge is 2.19. The van der Waals surface area contributed by atoms with Crippen molar-refractivity contribution >= 4 is 26.6 Å². The molecule has 2 aromatic carbocycles. The normalized spacial score (nSPS) is 12.8. The average molecular weight is 385 g/mol. The third-order valence-corrected chi connectivity index (χ3v) is 5.47. The first kappa shape index (κ1) is 19.2. The van der Waals surface area contributed by atoms with Crippen LogP contribution in [0.25, 0.3) is 10.9 Å². The first-order valence-electron chi connectivity index (χ1n) is 8.99. The van der Waals surface area contributed by atoms with E-state index in [4.69, 9.17) is 0 Å². The van der Waals surface area contributed by atoms with Gasteiger partial charge in [0.25, 0.3) is 0 Å². The van der Waals surface area contributed by atoms with Crippen molar-refractivity contribution in [2.75, 3.05) is 12.0 Å². The Labute approximate surface area is 159 Å². The lowest BCUT2D eigenvalue weighted by Gasteiger charge is -2.18. The quantitative estimate of drug-likeness (QED) is 0.625. The maximum absolute atomic E-state index is 12.4. The fourth-order valence-corrected chi connectivity index (χ4v) is 4.13. The number of amides is 1. The molecule has 1 atom stereocenters. The Kier molecular flexibility index (Phi) is 5.96. The Hall–Kier alpha value is -2.60. The molecule has 0 aliphatic heterocycles. The van der Waals surface area contributed by atoms with Crippen molar-refractivity contribution in [3.05, 3.63) is 71.9 Å². The summed E-state index contributed by atoms with van der Waals surface area (Å²) in [5.41, 5.74) is 3.08. The van der Waals surface area contributed by atoms with Gasteiger partial charge in [-0.1, -0.05) is 48.5 Å². The van der Waals surface area contributed by atoms with Crippen molar-refractivity contribution in [3.8, 4) is 0 Å². The highest BCUT2D eigenvalue weighted by molar-refractivity contribution is 7.90. The van der Waals surface area contributed by atoms with Gasteiger partial charge in [-0.25, -0.2) is 8.42 Å². The zero-order valence-electron chi connectivity index (χ0n) is 15.3.